The second-order valence-corrected chi connectivity index (χ2v) is 8.20. The maximum atomic E-state index is 11.4. The van der Waals surface area contributed by atoms with E-state index in [-0.39, 0.29) is 6.04 Å². The number of nitrogens with one attached hydrogen (secondary N) is 3. The minimum atomic E-state index is -3.15. The molecule has 0 aliphatic carbocycles. The number of rotatable bonds is 7. The highest BCUT2D eigenvalue weighted by atomic mass is 32.2. The number of hydrogen-bond acceptors (Lipinski definition) is 3. The Bertz CT molecular complexity index is 583. The van der Waals surface area contributed by atoms with Gasteiger partial charge in [0, 0.05) is 19.2 Å². The van der Waals surface area contributed by atoms with Crippen LogP contribution in [-0.4, -0.2) is 47.0 Å². The van der Waals surface area contributed by atoms with Gasteiger partial charge in [-0.1, -0.05) is 12.1 Å². The lowest BCUT2D eigenvalue weighted by Crippen LogP contribution is -3.05. The molecule has 0 heterocycles. The normalized spacial score (nSPS) is 13.0. The first kappa shape index (κ1) is 18.9. The fraction of sp³-hybridized carbons (Fsp3) is 0.533. The average molecular weight is 345 g/mol. The van der Waals surface area contributed by atoms with Crippen LogP contribution in [0.25, 0.3) is 0 Å². The average Bonchev–Trinajstić information content (AvgIpc) is 2.42. The summed E-state index contributed by atoms with van der Waals surface area (Å²) in [6, 6.07) is 6.89. The monoisotopic (exact) mass is 344 g/mol. The molecule has 0 saturated heterocycles. The summed E-state index contributed by atoms with van der Waals surface area (Å²) in [6.45, 7) is 3.93. The summed E-state index contributed by atoms with van der Waals surface area (Å²) in [5.74, 6) is 0. The van der Waals surface area contributed by atoms with E-state index in [9.17, 15) is 8.42 Å². The van der Waals surface area contributed by atoms with Crippen LogP contribution in [0.15, 0.2) is 29.2 Å². The Kier molecular flexibility index (Phi) is 7.25. The van der Waals surface area contributed by atoms with E-state index in [1.54, 1.807) is 12.1 Å². The quantitative estimate of drug-likeness (QED) is 0.485. The Morgan fingerprint density at radius 3 is 2.36 bits per heavy atom. The van der Waals surface area contributed by atoms with Gasteiger partial charge in [-0.05, 0) is 36.8 Å². The molecule has 22 heavy (non-hydrogen) atoms. The third kappa shape index (κ3) is 6.72. The first-order valence-electron chi connectivity index (χ1n) is 7.33. The van der Waals surface area contributed by atoms with Gasteiger partial charge in [-0.2, -0.15) is 0 Å². The molecule has 1 aromatic carbocycles. The summed E-state index contributed by atoms with van der Waals surface area (Å²) in [5.41, 5.74) is 0.995. The lowest BCUT2D eigenvalue weighted by molar-refractivity contribution is -0.858. The van der Waals surface area contributed by atoms with Crippen molar-refractivity contribution in [3.63, 3.8) is 0 Å². The molecule has 3 N–H and O–H groups in total. The van der Waals surface area contributed by atoms with Crippen LogP contribution >= 0.6 is 12.2 Å². The molecule has 0 amide bonds. The number of benzene rings is 1. The Morgan fingerprint density at radius 1 is 1.27 bits per heavy atom. The highest BCUT2D eigenvalue weighted by Crippen LogP contribution is 2.16. The minimum Gasteiger partial charge on any atom is -0.362 e. The second kappa shape index (κ2) is 8.45. The fourth-order valence-corrected chi connectivity index (χ4v) is 2.89. The third-order valence-electron chi connectivity index (χ3n) is 3.29. The van der Waals surface area contributed by atoms with Crippen LogP contribution in [0, 0.1) is 0 Å². The standard InChI is InChI=1S/C15H25N3O2S2/c1-12(17-15(21)16-10-5-11-18(2)3)13-6-8-14(9-7-13)22(4,19)20/h6-9,12H,5,10-11H2,1-4H3,(H2,16,17,21)/p+1/t12-/m0/s1. The molecule has 0 spiro atoms. The maximum Gasteiger partial charge on any atom is 0.175 e. The van der Waals surface area contributed by atoms with Crippen molar-refractivity contribution < 1.29 is 13.3 Å². The van der Waals surface area contributed by atoms with Crippen molar-refractivity contribution in [3.05, 3.63) is 29.8 Å². The Balaban J connectivity index is 2.47. The molecule has 0 bridgehead atoms. The van der Waals surface area contributed by atoms with Crippen molar-refractivity contribution in [3.8, 4) is 0 Å². The van der Waals surface area contributed by atoms with Gasteiger partial charge in [-0.15, -0.1) is 0 Å². The molecule has 124 valence electrons. The van der Waals surface area contributed by atoms with Crippen LogP contribution < -0.4 is 15.5 Å². The smallest absolute Gasteiger partial charge is 0.175 e. The second-order valence-electron chi connectivity index (χ2n) is 5.77. The van der Waals surface area contributed by atoms with Crippen molar-refractivity contribution in [1.82, 2.24) is 10.6 Å². The SMILES string of the molecule is C[C@H](NC(=S)NCCC[NH+](C)C)c1ccc(S(C)(=O)=O)cc1. The van der Waals surface area contributed by atoms with E-state index in [1.165, 1.54) is 11.2 Å². The molecule has 1 rings (SSSR count). The van der Waals surface area contributed by atoms with Crippen molar-refractivity contribution in [2.75, 3.05) is 33.4 Å². The maximum absolute atomic E-state index is 11.4. The molecule has 0 aromatic heterocycles. The van der Waals surface area contributed by atoms with Crippen molar-refractivity contribution >= 4 is 27.2 Å². The van der Waals surface area contributed by atoms with Gasteiger partial charge in [0.15, 0.2) is 14.9 Å². The van der Waals surface area contributed by atoms with Gasteiger partial charge >= 0.3 is 0 Å². The minimum absolute atomic E-state index is 0.0214. The van der Waals surface area contributed by atoms with E-state index in [0.29, 0.717) is 10.0 Å². The zero-order valence-corrected chi connectivity index (χ0v) is 15.3. The van der Waals surface area contributed by atoms with Gasteiger partial charge in [0.25, 0.3) is 0 Å². The first-order valence-corrected chi connectivity index (χ1v) is 9.63. The predicted octanol–water partition coefficient (Wildman–Crippen LogP) is 0.150. The molecule has 1 aromatic rings. The molecule has 0 radical (unpaired) electrons. The third-order valence-corrected chi connectivity index (χ3v) is 4.69. The van der Waals surface area contributed by atoms with Crippen molar-refractivity contribution in [2.45, 2.75) is 24.3 Å². The molecule has 0 aliphatic rings. The molecule has 1 atom stereocenters. The highest BCUT2D eigenvalue weighted by Gasteiger charge is 2.10. The zero-order valence-electron chi connectivity index (χ0n) is 13.6. The van der Waals surface area contributed by atoms with E-state index < -0.39 is 9.84 Å². The van der Waals surface area contributed by atoms with Crippen LogP contribution in [0.5, 0.6) is 0 Å². The van der Waals surface area contributed by atoms with Gasteiger partial charge in [0.2, 0.25) is 0 Å². The lowest BCUT2D eigenvalue weighted by Gasteiger charge is -2.18. The van der Waals surface area contributed by atoms with Gasteiger partial charge in [-0.25, -0.2) is 8.42 Å². The van der Waals surface area contributed by atoms with E-state index >= 15 is 0 Å². The number of hydrogen-bond donors (Lipinski definition) is 3. The molecule has 0 fully saturated rings. The summed E-state index contributed by atoms with van der Waals surface area (Å²) in [5, 5.41) is 7.01. The Morgan fingerprint density at radius 2 is 1.86 bits per heavy atom. The van der Waals surface area contributed by atoms with Gasteiger partial charge < -0.3 is 15.5 Å². The van der Waals surface area contributed by atoms with E-state index in [4.69, 9.17) is 12.2 Å². The summed E-state index contributed by atoms with van der Waals surface area (Å²) < 4.78 is 22.9. The highest BCUT2D eigenvalue weighted by molar-refractivity contribution is 7.90. The Hall–Kier alpha value is -1.18. The van der Waals surface area contributed by atoms with E-state index in [0.717, 1.165) is 25.1 Å². The van der Waals surface area contributed by atoms with Crippen molar-refractivity contribution in [2.24, 2.45) is 0 Å². The summed E-state index contributed by atoms with van der Waals surface area (Å²) in [7, 11) is 1.10. The summed E-state index contributed by atoms with van der Waals surface area (Å²) in [4.78, 5) is 1.75. The van der Waals surface area contributed by atoms with Crippen molar-refractivity contribution in [1.29, 1.82) is 0 Å². The van der Waals surface area contributed by atoms with Gasteiger partial charge in [0.05, 0.1) is 31.6 Å². The zero-order chi connectivity index (χ0) is 16.8. The lowest BCUT2D eigenvalue weighted by atomic mass is 10.1. The fourth-order valence-electron chi connectivity index (χ4n) is 1.98. The number of quaternary nitrogens is 1. The molecule has 0 aliphatic heterocycles. The van der Waals surface area contributed by atoms with Gasteiger partial charge in [0.1, 0.15) is 0 Å². The molecule has 0 saturated carbocycles. The van der Waals surface area contributed by atoms with Gasteiger partial charge in [-0.3, -0.25) is 0 Å². The van der Waals surface area contributed by atoms with Crippen LogP contribution in [-0.2, 0) is 9.84 Å². The first-order chi connectivity index (χ1) is 10.2. The number of sulfone groups is 1. The number of thiocarbonyl (C=S) groups is 1. The molecule has 0 unspecified atom stereocenters. The van der Waals surface area contributed by atoms with E-state index in [2.05, 4.69) is 24.7 Å². The largest absolute Gasteiger partial charge is 0.362 e. The van der Waals surface area contributed by atoms with Crippen LogP contribution in [0.3, 0.4) is 0 Å². The van der Waals surface area contributed by atoms with Crippen LogP contribution in [0.1, 0.15) is 24.9 Å². The topological polar surface area (TPSA) is 62.6 Å². The Labute approximate surface area is 139 Å². The van der Waals surface area contributed by atoms with Crippen LogP contribution in [0.2, 0.25) is 0 Å². The molecular weight excluding hydrogens is 318 g/mol. The summed E-state index contributed by atoms with van der Waals surface area (Å²) in [6.07, 6.45) is 2.26. The van der Waals surface area contributed by atoms with Crippen LogP contribution in [0.4, 0.5) is 0 Å². The molecule has 5 nitrogen and oxygen atoms in total. The molecule has 7 heteroatoms. The predicted molar refractivity (Wildman–Crippen MR) is 94.0 cm³/mol. The van der Waals surface area contributed by atoms with E-state index in [1.807, 2.05) is 19.1 Å². The summed E-state index contributed by atoms with van der Waals surface area (Å²) >= 11 is 5.27. The molecular formula is C15H26N3O2S2+.